The smallest absolute Gasteiger partial charge is 0.344 e. The second-order valence-corrected chi connectivity index (χ2v) is 8.21. The van der Waals surface area contributed by atoms with E-state index in [1.807, 2.05) is 0 Å². The molecule has 0 bridgehead atoms. The predicted molar refractivity (Wildman–Crippen MR) is 127 cm³/mol. The lowest BCUT2D eigenvalue weighted by molar-refractivity contribution is -0.137. The molecule has 4 aromatic rings. The SMILES string of the molecule is C[C@H](NC(=O)c1nn(-c2cccc(C(F)(F)F)c2)c(=O)n(Cc2ccc(F)cc2)c1=O)c1ccccc1. The van der Waals surface area contributed by atoms with E-state index < -0.39 is 46.4 Å². The summed E-state index contributed by atoms with van der Waals surface area (Å²) < 4.78 is 54.5. The molecule has 0 aliphatic carbocycles. The lowest BCUT2D eigenvalue weighted by Crippen LogP contribution is -2.46. The first-order valence-corrected chi connectivity index (χ1v) is 11.1. The number of rotatable bonds is 6. The van der Waals surface area contributed by atoms with Gasteiger partial charge in [0.1, 0.15) is 5.82 Å². The molecular formula is C26H20F4N4O3. The lowest BCUT2D eigenvalue weighted by atomic mass is 10.1. The van der Waals surface area contributed by atoms with Gasteiger partial charge in [-0.3, -0.25) is 14.2 Å². The highest BCUT2D eigenvalue weighted by Gasteiger charge is 2.31. The van der Waals surface area contributed by atoms with Gasteiger partial charge in [0, 0.05) is 0 Å². The third-order valence-corrected chi connectivity index (χ3v) is 5.59. The van der Waals surface area contributed by atoms with Crippen LogP contribution in [0.3, 0.4) is 0 Å². The van der Waals surface area contributed by atoms with Crippen molar-refractivity contribution in [3.05, 3.63) is 128 Å². The van der Waals surface area contributed by atoms with Crippen molar-refractivity contribution in [3.63, 3.8) is 0 Å². The molecule has 7 nitrogen and oxygen atoms in total. The van der Waals surface area contributed by atoms with Crippen molar-refractivity contribution < 1.29 is 22.4 Å². The fourth-order valence-corrected chi connectivity index (χ4v) is 3.64. The Morgan fingerprint density at radius 1 is 0.973 bits per heavy atom. The van der Waals surface area contributed by atoms with Gasteiger partial charge in [0.25, 0.3) is 11.5 Å². The average molecular weight is 512 g/mol. The van der Waals surface area contributed by atoms with Crippen LogP contribution in [-0.2, 0) is 12.7 Å². The van der Waals surface area contributed by atoms with Crippen molar-refractivity contribution in [2.45, 2.75) is 25.7 Å². The van der Waals surface area contributed by atoms with Crippen molar-refractivity contribution in [1.29, 1.82) is 0 Å². The van der Waals surface area contributed by atoms with E-state index in [0.29, 0.717) is 20.9 Å². The number of alkyl halides is 3. The Kier molecular flexibility index (Phi) is 7.05. The Balaban J connectivity index is 1.84. The van der Waals surface area contributed by atoms with Crippen LogP contribution in [-0.4, -0.2) is 20.3 Å². The van der Waals surface area contributed by atoms with Gasteiger partial charge in [0.2, 0.25) is 5.69 Å². The van der Waals surface area contributed by atoms with Crippen LogP contribution >= 0.6 is 0 Å². The van der Waals surface area contributed by atoms with E-state index in [1.54, 1.807) is 37.3 Å². The average Bonchev–Trinajstić information content (AvgIpc) is 2.87. The number of hydrogen-bond donors (Lipinski definition) is 1. The molecule has 0 saturated heterocycles. The maximum absolute atomic E-state index is 13.3. The summed E-state index contributed by atoms with van der Waals surface area (Å²) >= 11 is 0. The highest BCUT2D eigenvalue weighted by atomic mass is 19.4. The molecule has 0 fully saturated rings. The van der Waals surface area contributed by atoms with Crippen molar-refractivity contribution in [2.75, 3.05) is 0 Å². The number of nitrogens with zero attached hydrogens (tertiary/aromatic N) is 3. The molecule has 190 valence electrons. The minimum Gasteiger partial charge on any atom is -0.344 e. The van der Waals surface area contributed by atoms with Crippen molar-refractivity contribution >= 4 is 5.91 Å². The minimum absolute atomic E-state index is 0.294. The Bertz CT molecular complexity index is 1550. The number of carbonyl (C=O) groups is 1. The van der Waals surface area contributed by atoms with Gasteiger partial charge in [-0.25, -0.2) is 9.18 Å². The van der Waals surface area contributed by atoms with Crippen molar-refractivity contribution in [1.82, 2.24) is 19.7 Å². The van der Waals surface area contributed by atoms with Crippen LogP contribution in [0, 0.1) is 5.82 Å². The summed E-state index contributed by atoms with van der Waals surface area (Å²) in [5.74, 6) is -1.46. The Labute approximate surface area is 207 Å². The van der Waals surface area contributed by atoms with E-state index in [4.69, 9.17) is 0 Å². The van der Waals surface area contributed by atoms with E-state index in [1.165, 1.54) is 18.2 Å². The molecule has 0 aliphatic rings. The second kappa shape index (κ2) is 10.2. The summed E-state index contributed by atoms with van der Waals surface area (Å²) in [4.78, 5) is 39.5. The van der Waals surface area contributed by atoms with Gasteiger partial charge in [-0.2, -0.15) is 23.0 Å². The second-order valence-electron chi connectivity index (χ2n) is 8.21. The first kappa shape index (κ1) is 25.5. The van der Waals surface area contributed by atoms with Gasteiger partial charge in [0.05, 0.1) is 23.8 Å². The lowest BCUT2D eigenvalue weighted by Gasteiger charge is -2.16. The number of amides is 1. The summed E-state index contributed by atoms with van der Waals surface area (Å²) in [5, 5.41) is 6.49. The molecule has 0 unspecified atom stereocenters. The molecule has 3 aromatic carbocycles. The summed E-state index contributed by atoms with van der Waals surface area (Å²) in [5.41, 5.74) is -3.06. The predicted octanol–water partition coefficient (Wildman–Crippen LogP) is 4.09. The van der Waals surface area contributed by atoms with Crippen LogP contribution < -0.4 is 16.6 Å². The summed E-state index contributed by atoms with van der Waals surface area (Å²) in [6.07, 6.45) is -4.70. The molecule has 1 amide bonds. The fraction of sp³-hybridized carbons (Fsp3) is 0.154. The molecular weight excluding hydrogens is 492 g/mol. The molecule has 1 aromatic heterocycles. The number of hydrogen-bond acceptors (Lipinski definition) is 4. The highest BCUT2D eigenvalue weighted by molar-refractivity contribution is 5.92. The summed E-state index contributed by atoms with van der Waals surface area (Å²) in [6.45, 7) is 1.31. The first-order chi connectivity index (χ1) is 17.5. The van der Waals surface area contributed by atoms with Crippen LogP contribution in [0.2, 0.25) is 0 Å². The molecule has 0 spiro atoms. The Morgan fingerprint density at radius 3 is 2.30 bits per heavy atom. The normalized spacial score (nSPS) is 12.2. The van der Waals surface area contributed by atoms with Crippen LogP contribution in [0.1, 0.15) is 40.1 Å². The minimum atomic E-state index is -4.70. The maximum atomic E-state index is 13.3. The van der Waals surface area contributed by atoms with E-state index in [0.717, 1.165) is 29.8 Å². The van der Waals surface area contributed by atoms with E-state index >= 15 is 0 Å². The van der Waals surface area contributed by atoms with Gasteiger partial charge < -0.3 is 5.32 Å². The summed E-state index contributed by atoms with van der Waals surface area (Å²) in [6, 6.07) is 17.0. The van der Waals surface area contributed by atoms with E-state index in [-0.39, 0.29) is 12.2 Å². The molecule has 1 atom stereocenters. The molecule has 1 heterocycles. The first-order valence-electron chi connectivity index (χ1n) is 11.1. The van der Waals surface area contributed by atoms with E-state index in [2.05, 4.69) is 10.4 Å². The molecule has 0 radical (unpaired) electrons. The largest absolute Gasteiger partial charge is 0.416 e. The quantitative estimate of drug-likeness (QED) is 0.395. The molecule has 1 N–H and O–H groups in total. The van der Waals surface area contributed by atoms with Gasteiger partial charge in [-0.1, -0.05) is 48.5 Å². The topological polar surface area (TPSA) is 86.0 Å². The van der Waals surface area contributed by atoms with Crippen LogP contribution in [0.25, 0.3) is 5.69 Å². The molecule has 0 aliphatic heterocycles. The standard InChI is InChI=1S/C26H20F4N4O3/c1-16(18-6-3-2-4-7-18)31-23(35)22-24(36)33(15-17-10-12-20(27)13-11-17)25(37)34(32-22)21-9-5-8-19(14-21)26(28,29)30/h2-14,16H,15H2,1H3,(H,31,35)/t16-/m0/s1. The maximum Gasteiger partial charge on any atom is 0.416 e. The monoisotopic (exact) mass is 512 g/mol. The number of benzene rings is 3. The van der Waals surface area contributed by atoms with Crippen molar-refractivity contribution in [3.8, 4) is 5.69 Å². The van der Waals surface area contributed by atoms with Crippen LogP contribution in [0.4, 0.5) is 17.6 Å². The number of halogens is 4. The van der Waals surface area contributed by atoms with Gasteiger partial charge in [0.15, 0.2) is 0 Å². The van der Waals surface area contributed by atoms with Gasteiger partial charge >= 0.3 is 11.9 Å². The number of nitrogens with one attached hydrogen (secondary N) is 1. The third kappa shape index (κ3) is 5.66. The third-order valence-electron chi connectivity index (χ3n) is 5.59. The van der Waals surface area contributed by atoms with Crippen LogP contribution in [0.15, 0.2) is 88.5 Å². The number of aromatic nitrogens is 3. The van der Waals surface area contributed by atoms with E-state index in [9.17, 15) is 31.9 Å². The van der Waals surface area contributed by atoms with Crippen LogP contribution in [0.5, 0.6) is 0 Å². The zero-order valence-corrected chi connectivity index (χ0v) is 19.4. The molecule has 4 rings (SSSR count). The van der Waals surface area contributed by atoms with Gasteiger partial charge in [-0.15, -0.1) is 0 Å². The zero-order chi connectivity index (χ0) is 26.7. The highest BCUT2D eigenvalue weighted by Crippen LogP contribution is 2.30. The van der Waals surface area contributed by atoms with Crippen molar-refractivity contribution in [2.24, 2.45) is 0 Å². The number of carbonyl (C=O) groups excluding carboxylic acids is 1. The fourth-order valence-electron chi connectivity index (χ4n) is 3.64. The Morgan fingerprint density at radius 2 is 1.65 bits per heavy atom. The Hall–Kier alpha value is -4.54. The summed E-state index contributed by atoms with van der Waals surface area (Å²) in [7, 11) is 0. The van der Waals surface area contributed by atoms with Gasteiger partial charge in [-0.05, 0) is 48.4 Å². The molecule has 0 saturated carbocycles. The molecule has 37 heavy (non-hydrogen) atoms. The zero-order valence-electron chi connectivity index (χ0n) is 19.4. The molecule has 11 heteroatoms.